The highest BCUT2D eigenvalue weighted by Gasteiger charge is 2.25. The van der Waals surface area contributed by atoms with Gasteiger partial charge in [-0.05, 0) is 35.5 Å². The van der Waals surface area contributed by atoms with Crippen LogP contribution >= 0.6 is 23.4 Å². The van der Waals surface area contributed by atoms with E-state index in [1.807, 2.05) is 6.07 Å². The number of nitrogens with one attached hydrogen (secondary N) is 1. The summed E-state index contributed by atoms with van der Waals surface area (Å²) in [4.78, 5) is 27.5. The van der Waals surface area contributed by atoms with Crippen LogP contribution in [0.5, 0.6) is 5.75 Å². The van der Waals surface area contributed by atoms with E-state index in [0.717, 1.165) is 28.3 Å². The number of thioether (sulfide) groups is 1. The van der Waals surface area contributed by atoms with Crippen molar-refractivity contribution in [1.82, 2.24) is 10.3 Å². The van der Waals surface area contributed by atoms with E-state index in [1.54, 1.807) is 37.7 Å². The molecule has 130 valence electrons. The molecular weight excluding hydrogens is 376 g/mol. The molecule has 1 aliphatic rings. The van der Waals surface area contributed by atoms with Gasteiger partial charge in [-0.3, -0.25) is 19.9 Å². The molecule has 0 radical (unpaired) electrons. The third kappa shape index (κ3) is 2.95. The molecule has 3 heterocycles. The summed E-state index contributed by atoms with van der Waals surface area (Å²) in [6, 6.07) is 7.17. The maximum absolute atomic E-state index is 11.7. The van der Waals surface area contributed by atoms with Crippen molar-refractivity contribution in [2.45, 2.75) is 0 Å². The van der Waals surface area contributed by atoms with E-state index in [1.165, 1.54) is 6.08 Å². The molecule has 1 N–H and O–H groups in total. The smallest absolute Gasteiger partial charge is 0.290 e. The first-order valence-corrected chi connectivity index (χ1v) is 8.71. The highest BCUT2D eigenvalue weighted by Crippen LogP contribution is 2.35. The third-order valence-electron chi connectivity index (χ3n) is 3.82. The summed E-state index contributed by atoms with van der Waals surface area (Å²) in [6.07, 6.45) is 4.89. The number of methoxy groups -OCH3 is 1. The van der Waals surface area contributed by atoms with Crippen molar-refractivity contribution in [3.8, 4) is 16.9 Å². The molecule has 1 saturated heterocycles. The zero-order valence-corrected chi connectivity index (χ0v) is 15.0. The van der Waals surface area contributed by atoms with Crippen LogP contribution in [-0.2, 0) is 4.79 Å². The molecule has 1 aromatic carbocycles. The minimum atomic E-state index is -0.430. The normalized spacial score (nSPS) is 15.7. The summed E-state index contributed by atoms with van der Waals surface area (Å²) in [5.41, 5.74) is 2.20. The van der Waals surface area contributed by atoms with E-state index in [4.69, 9.17) is 20.8 Å². The molecule has 3 aromatic rings. The number of pyridine rings is 1. The Balaban J connectivity index is 1.79. The number of benzene rings is 1. The van der Waals surface area contributed by atoms with Crippen LogP contribution in [0, 0.1) is 0 Å². The van der Waals surface area contributed by atoms with E-state index in [0.29, 0.717) is 22.1 Å². The molecule has 0 unspecified atom stereocenters. The molecule has 2 amide bonds. The molecule has 4 rings (SSSR count). The second-order valence-electron chi connectivity index (χ2n) is 5.46. The fourth-order valence-electron chi connectivity index (χ4n) is 2.64. The molecule has 0 bridgehead atoms. The molecule has 26 heavy (non-hydrogen) atoms. The number of rotatable bonds is 3. The van der Waals surface area contributed by atoms with Crippen molar-refractivity contribution in [3.05, 3.63) is 52.3 Å². The lowest BCUT2D eigenvalue weighted by Crippen LogP contribution is -2.17. The quantitative estimate of drug-likeness (QED) is 0.668. The SMILES string of the molecule is COc1ccc(-c2cncc3cc(/C=C4/SC(=O)NC4=O)oc23)cc1Cl. The van der Waals surface area contributed by atoms with Gasteiger partial charge in [0, 0.05) is 29.4 Å². The molecule has 2 aromatic heterocycles. The van der Waals surface area contributed by atoms with Crippen LogP contribution in [0.1, 0.15) is 5.76 Å². The first-order chi connectivity index (χ1) is 12.5. The van der Waals surface area contributed by atoms with Crippen molar-refractivity contribution in [1.29, 1.82) is 0 Å². The van der Waals surface area contributed by atoms with E-state index in [-0.39, 0.29) is 4.91 Å². The van der Waals surface area contributed by atoms with Crippen molar-refractivity contribution in [2.24, 2.45) is 0 Å². The Morgan fingerprint density at radius 2 is 2.12 bits per heavy atom. The monoisotopic (exact) mass is 386 g/mol. The number of hydrogen-bond acceptors (Lipinski definition) is 6. The van der Waals surface area contributed by atoms with Gasteiger partial charge in [0.25, 0.3) is 11.1 Å². The van der Waals surface area contributed by atoms with Crippen LogP contribution in [0.15, 0.2) is 46.0 Å². The van der Waals surface area contributed by atoms with Gasteiger partial charge in [-0.2, -0.15) is 0 Å². The highest BCUT2D eigenvalue weighted by molar-refractivity contribution is 8.18. The number of ether oxygens (including phenoxy) is 1. The minimum absolute atomic E-state index is 0.288. The average molecular weight is 387 g/mol. The van der Waals surface area contributed by atoms with Gasteiger partial charge in [0.15, 0.2) is 0 Å². The Hall–Kier alpha value is -2.77. The molecule has 8 heteroatoms. The van der Waals surface area contributed by atoms with E-state index in [9.17, 15) is 9.59 Å². The number of fused-ring (bicyclic) bond motifs is 1. The van der Waals surface area contributed by atoms with Crippen molar-refractivity contribution in [2.75, 3.05) is 7.11 Å². The third-order valence-corrected chi connectivity index (χ3v) is 4.93. The number of aromatic nitrogens is 1. The van der Waals surface area contributed by atoms with Gasteiger partial charge in [0.05, 0.1) is 17.0 Å². The Kier molecular flexibility index (Phi) is 4.18. The Morgan fingerprint density at radius 1 is 1.27 bits per heavy atom. The standard InChI is InChI=1S/C18H11ClN2O4S/c1-24-14-3-2-9(5-13(14)19)12-8-20-7-10-4-11(25-16(10)12)6-15-17(22)21-18(23)26-15/h2-8H,1H3,(H,21,22,23)/b15-6+. The van der Waals surface area contributed by atoms with Gasteiger partial charge in [-0.1, -0.05) is 17.7 Å². The van der Waals surface area contributed by atoms with Crippen LogP contribution in [0.25, 0.3) is 28.2 Å². The van der Waals surface area contributed by atoms with Crippen LogP contribution in [0.3, 0.4) is 0 Å². The van der Waals surface area contributed by atoms with Gasteiger partial charge >= 0.3 is 0 Å². The summed E-state index contributed by atoms with van der Waals surface area (Å²) in [7, 11) is 1.55. The molecule has 0 aliphatic carbocycles. The predicted molar refractivity (Wildman–Crippen MR) is 100 cm³/mol. The summed E-state index contributed by atoms with van der Waals surface area (Å²) >= 11 is 7.05. The van der Waals surface area contributed by atoms with Crippen molar-refractivity contribution >= 4 is 51.6 Å². The molecule has 0 atom stereocenters. The predicted octanol–water partition coefficient (Wildman–Crippen LogP) is 4.48. The first kappa shape index (κ1) is 16.7. The lowest BCUT2D eigenvalue weighted by Gasteiger charge is -2.06. The molecule has 1 aliphatic heterocycles. The number of carbonyl (C=O) groups excluding carboxylic acids is 2. The van der Waals surface area contributed by atoms with E-state index >= 15 is 0 Å². The molecule has 0 saturated carbocycles. The van der Waals surface area contributed by atoms with Gasteiger partial charge in [-0.15, -0.1) is 0 Å². The van der Waals surface area contributed by atoms with Crippen LogP contribution < -0.4 is 10.1 Å². The van der Waals surface area contributed by atoms with Gasteiger partial charge in [0.1, 0.15) is 17.1 Å². The number of hydrogen-bond donors (Lipinski definition) is 1. The lowest BCUT2D eigenvalue weighted by molar-refractivity contribution is -0.115. The van der Waals surface area contributed by atoms with Gasteiger partial charge < -0.3 is 9.15 Å². The summed E-state index contributed by atoms with van der Waals surface area (Å²) < 4.78 is 11.1. The number of carbonyl (C=O) groups is 2. The van der Waals surface area contributed by atoms with Crippen molar-refractivity contribution in [3.63, 3.8) is 0 Å². The summed E-state index contributed by atoms with van der Waals surface area (Å²) in [5, 5.41) is 3.07. The number of furan rings is 1. The fraction of sp³-hybridized carbons (Fsp3) is 0.0556. The van der Waals surface area contributed by atoms with Gasteiger partial charge in [0.2, 0.25) is 0 Å². The zero-order chi connectivity index (χ0) is 18.3. The van der Waals surface area contributed by atoms with Crippen LogP contribution in [0.2, 0.25) is 5.02 Å². The van der Waals surface area contributed by atoms with Gasteiger partial charge in [-0.25, -0.2) is 0 Å². The second-order valence-corrected chi connectivity index (χ2v) is 6.88. The lowest BCUT2D eigenvalue weighted by atomic mass is 10.1. The number of amides is 2. The minimum Gasteiger partial charge on any atom is -0.495 e. The zero-order valence-electron chi connectivity index (χ0n) is 13.4. The van der Waals surface area contributed by atoms with Crippen LogP contribution in [0.4, 0.5) is 4.79 Å². The largest absolute Gasteiger partial charge is 0.495 e. The Labute approximate surface area is 157 Å². The number of imide groups is 1. The Bertz CT molecular complexity index is 1090. The first-order valence-electron chi connectivity index (χ1n) is 7.51. The average Bonchev–Trinajstić information content (AvgIpc) is 3.16. The van der Waals surface area contributed by atoms with Crippen LogP contribution in [-0.4, -0.2) is 23.2 Å². The number of nitrogens with zero attached hydrogens (tertiary/aromatic N) is 1. The maximum atomic E-state index is 11.7. The van der Waals surface area contributed by atoms with E-state index < -0.39 is 11.1 Å². The molecule has 1 fully saturated rings. The Morgan fingerprint density at radius 3 is 2.81 bits per heavy atom. The molecular formula is C18H11ClN2O4S. The number of halogens is 1. The summed E-state index contributed by atoms with van der Waals surface area (Å²) in [6.45, 7) is 0. The molecule has 6 nitrogen and oxygen atoms in total. The van der Waals surface area contributed by atoms with E-state index in [2.05, 4.69) is 10.3 Å². The topological polar surface area (TPSA) is 81.4 Å². The maximum Gasteiger partial charge on any atom is 0.290 e. The fourth-order valence-corrected chi connectivity index (χ4v) is 3.56. The van der Waals surface area contributed by atoms with Crippen molar-refractivity contribution < 1.29 is 18.7 Å². The second kappa shape index (κ2) is 6.51. The highest BCUT2D eigenvalue weighted by atomic mass is 35.5. The summed E-state index contributed by atoms with van der Waals surface area (Å²) in [5.74, 6) is 0.608. The molecule has 0 spiro atoms.